The highest BCUT2D eigenvalue weighted by Crippen LogP contribution is 2.35. The van der Waals surface area contributed by atoms with Crippen molar-refractivity contribution >= 4 is 0 Å². The Kier molecular flexibility index (Phi) is 2.80. The van der Waals surface area contributed by atoms with Gasteiger partial charge in [0.15, 0.2) is 0 Å². The van der Waals surface area contributed by atoms with Gasteiger partial charge in [-0.1, -0.05) is 0 Å². The molecule has 1 fully saturated rings. The third-order valence-electron chi connectivity index (χ3n) is 2.73. The molecular weight excluding hydrogens is 219 g/mol. The maximum Gasteiger partial charge on any atom is 0.416 e. The second-order valence-electron chi connectivity index (χ2n) is 3.96. The Morgan fingerprint density at radius 2 is 2.00 bits per heavy atom. The van der Waals surface area contributed by atoms with Crippen LogP contribution in [0, 0.1) is 0 Å². The molecule has 88 valence electrons. The van der Waals surface area contributed by atoms with E-state index in [0.717, 1.165) is 31.5 Å². The van der Waals surface area contributed by atoms with E-state index < -0.39 is 11.7 Å². The molecule has 0 unspecified atom stereocenters. The van der Waals surface area contributed by atoms with Gasteiger partial charge in [0.1, 0.15) is 5.75 Å². The summed E-state index contributed by atoms with van der Waals surface area (Å²) in [6.07, 6.45) is -2.66. The number of benzene rings is 1. The molecule has 16 heavy (non-hydrogen) atoms. The number of hydrogen-bond acceptors (Lipinski definition) is 2. The SMILES string of the molecule is Oc1cc([C@@H]2CCCN2)cc(C(F)(F)F)c1. The lowest BCUT2D eigenvalue weighted by molar-refractivity contribution is -0.137. The summed E-state index contributed by atoms with van der Waals surface area (Å²) in [4.78, 5) is 0. The van der Waals surface area contributed by atoms with Gasteiger partial charge in [0.25, 0.3) is 0 Å². The number of aromatic hydroxyl groups is 1. The predicted octanol–water partition coefficient (Wildman–Crippen LogP) is 2.84. The molecule has 0 bridgehead atoms. The largest absolute Gasteiger partial charge is 0.508 e. The fourth-order valence-corrected chi connectivity index (χ4v) is 1.97. The van der Waals surface area contributed by atoms with Gasteiger partial charge >= 0.3 is 6.18 Å². The van der Waals surface area contributed by atoms with Gasteiger partial charge in [0.2, 0.25) is 0 Å². The highest BCUT2D eigenvalue weighted by atomic mass is 19.4. The second kappa shape index (κ2) is 3.97. The quantitative estimate of drug-likeness (QED) is 0.779. The zero-order valence-electron chi connectivity index (χ0n) is 8.51. The van der Waals surface area contributed by atoms with Crippen LogP contribution in [0.25, 0.3) is 0 Å². The Balaban J connectivity index is 2.35. The van der Waals surface area contributed by atoms with Crippen molar-refractivity contribution in [2.24, 2.45) is 0 Å². The van der Waals surface area contributed by atoms with Gasteiger partial charge in [0.05, 0.1) is 5.56 Å². The van der Waals surface area contributed by atoms with Crippen molar-refractivity contribution in [2.45, 2.75) is 25.1 Å². The summed E-state index contributed by atoms with van der Waals surface area (Å²) in [6.45, 7) is 0.807. The van der Waals surface area contributed by atoms with E-state index in [4.69, 9.17) is 0 Å². The zero-order valence-corrected chi connectivity index (χ0v) is 8.51. The van der Waals surface area contributed by atoms with Crippen LogP contribution in [0.5, 0.6) is 5.75 Å². The topological polar surface area (TPSA) is 32.3 Å². The summed E-state index contributed by atoms with van der Waals surface area (Å²) >= 11 is 0. The third-order valence-corrected chi connectivity index (χ3v) is 2.73. The van der Waals surface area contributed by atoms with E-state index in [9.17, 15) is 18.3 Å². The predicted molar refractivity (Wildman–Crippen MR) is 53.1 cm³/mol. The number of alkyl halides is 3. The fourth-order valence-electron chi connectivity index (χ4n) is 1.97. The summed E-state index contributed by atoms with van der Waals surface area (Å²) in [5.41, 5.74) is -0.291. The van der Waals surface area contributed by atoms with Gasteiger partial charge in [0, 0.05) is 6.04 Å². The second-order valence-corrected chi connectivity index (χ2v) is 3.96. The van der Waals surface area contributed by atoms with Gasteiger partial charge in [-0.05, 0) is 43.1 Å². The van der Waals surface area contributed by atoms with Crippen molar-refractivity contribution in [3.63, 3.8) is 0 Å². The molecule has 1 aromatic rings. The molecule has 1 atom stereocenters. The van der Waals surface area contributed by atoms with Crippen LogP contribution in [0.4, 0.5) is 13.2 Å². The summed E-state index contributed by atoms with van der Waals surface area (Å²) in [7, 11) is 0. The maximum absolute atomic E-state index is 12.5. The minimum Gasteiger partial charge on any atom is -0.508 e. The van der Waals surface area contributed by atoms with Crippen molar-refractivity contribution in [1.82, 2.24) is 5.32 Å². The van der Waals surface area contributed by atoms with Gasteiger partial charge in [-0.2, -0.15) is 13.2 Å². The van der Waals surface area contributed by atoms with E-state index in [1.54, 1.807) is 0 Å². The smallest absolute Gasteiger partial charge is 0.416 e. The van der Waals surface area contributed by atoms with Crippen LogP contribution >= 0.6 is 0 Å². The molecular formula is C11H12F3NO. The monoisotopic (exact) mass is 231 g/mol. The normalized spacial score (nSPS) is 21.3. The lowest BCUT2D eigenvalue weighted by Crippen LogP contribution is -2.14. The molecule has 1 aliphatic rings. The summed E-state index contributed by atoms with van der Waals surface area (Å²) in [6, 6.07) is 3.16. The highest BCUT2D eigenvalue weighted by Gasteiger charge is 2.32. The lowest BCUT2D eigenvalue weighted by atomic mass is 10.0. The minimum absolute atomic E-state index is 0.0757. The number of hydrogen-bond donors (Lipinski definition) is 2. The van der Waals surface area contributed by atoms with Crippen LogP contribution in [0.1, 0.15) is 30.0 Å². The molecule has 1 heterocycles. The number of halogens is 3. The molecule has 1 aliphatic heterocycles. The van der Waals surface area contributed by atoms with Crippen molar-refractivity contribution in [2.75, 3.05) is 6.54 Å². The van der Waals surface area contributed by atoms with E-state index in [1.165, 1.54) is 6.07 Å². The first kappa shape index (κ1) is 11.3. The Bertz CT molecular complexity index is 383. The van der Waals surface area contributed by atoms with Crippen LogP contribution in [-0.2, 0) is 6.18 Å². The van der Waals surface area contributed by atoms with Crippen LogP contribution in [0.2, 0.25) is 0 Å². The molecule has 5 heteroatoms. The Morgan fingerprint density at radius 1 is 1.25 bits per heavy atom. The average molecular weight is 231 g/mol. The molecule has 0 aliphatic carbocycles. The Morgan fingerprint density at radius 3 is 2.56 bits per heavy atom. The van der Waals surface area contributed by atoms with E-state index in [2.05, 4.69) is 5.32 Å². The van der Waals surface area contributed by atoms with Crippen LogP contribution in [-0.4, -0.2) is 11.7 Å². The molecule has 1 saturated heterocycles. The highest BCUT2D eigenvalue weighted by molar-refractivity contribution is 5.36. The summed E-state index contributed by atoms with van der Waals surface area (Å²) < 4.78 is 37.5. The van der Waals surface area contributed by atoms with Crippen LogP contribution < -0.4 is 5.32 Å². The van der Waals surface area contributed by atoms with Crippen LogP contribution in [0.3, 0.4) is 0 Å². The first-order valence-corrected chi connectivity index (χ1v) is 5.11. The van der Waals surface area contributed by atoms with Gasteiger partial charge in [-0.15, -0.1) is 0 Å². The van der Waals surface area contributed by atoms with E-state index in [1.807, 2.05) is 0 Å². The molecule has 0 spiro atoms. The number of nitrogens with one attached hydrogen (secondary N) is 1. The molecule has 0 radical (unpaired) electrons. The van der Waals surface area contributed by atoms with E-state index >= 15 is 0 Å². The summed E-state index contributed by atoms with van der Waals surface area (Å²) in [5, 5.41) is 12.4. The molecule has 2 N–H and O–H groups in total. The minimum atomic E-state index is -4.41. The van der Waals surface area contributed by atoms with Crippen LogP contribution in [0.15, 0.2) is 18.2 Å². The number of phenolic OH excluding ortho intramolecular Hbond substituents is 1. The van der Waals surface area contributed by atoms with Gasteiger partial charge in [-0.3, -0.25) is 0 Å². The Labute approximate surface area is 91.1 Å². The standard InChI is InChI=1S/C11H12F3NO/c12-11(13,14)8-4-7(5-9(16)6-8)10-2-1-3-15-10/h4-6,10,15-16H,1-3H2/t10-/m0/s1. The first-order valence-electron chi connectivity index (χ1n) is 5.11. The lowest BCUT2D eigenvalue weighted by Gasteiger charge is -2.14. The zero-order chi connectivity index (χ0) is 11.8. The summed E-state index contributed by atoms with van der Waals surface area (Å²) in [5.74, 6) is -0.335. The van der Waals surface area contributed by atoms with Crippen molar-refractivity contribution in [1.29, 1.82) is 0 Å². The van der Waals surface area contributed by atoms with Gasteiger partial charge in [-0.25, -0.2) is 0 Å². The fraction of sp³-hybridized carbons (Fsp3) is 0.455. The first-order chi connectivity index (χ1) is 7.47. The molecule has 2 rings (SSSR count). The van der Waals surface area contributed by atoms with Crippen molar-refractivity contribution in [3.05, 3.63) is 29.3 Å². The van der Waals surface area contributed by atoms with E-state index in [-0.39, 0.29) is 11.8 Å². The van der Waals surface area contributed by atoms with E-state index in [0.29, 0.717) is 5.56 Å². The number of phenols is 1. The maximum atomic E-state index is 12.5. The van der Waals surface area contributed by atoms with Crippen molar-refractivity contribution in [3.8, 4) is 5.75 Å². The molecule has 1 aromatic carbocycles. The molecule has 0 aromatic heterocycles. The molecule has 0 saturated carbocycles. The third kappa shape index (κ3) is 2.29. The average Bonchev–Trinajstić information content (AvgIpc) is 2.68. The molecule has 2 nitrogen and oxygen atoms in total. The van der Waals surface area contributed by atoms with Gasteiger partial charge < -0.3 is 10.4 Å². The Hall–Kier alpha value is -1.23. The number of rotatable bonds is 1. The molecule has 0 amide bonds. The van der Waals surface area contributed by atoms with Crippen molar-refractivity contribution < 1.29 is 18.3 Å².